The summed E-state index contributed by atoms with van der Waals surface area (Å²) in [4.78, 5) is 11.2. The van der Waals surface area contributed by atoms with Gasteiger partial charge < -0.3 is 9.53 Å². The zero-order chi connectivity index (χ0) is 16.8. The Hall–Kier alpha value is -2.53. The van der Waals surface area contributed by atoms with Crippen molar-refractivity contribution in [1.29, 1.82) is 0 Å². The highest BCUT2D eigenvalue weighted by Gasteiger charge is 2.07. The average Bonchev–Trinajstić information content (AvgIpc) is 2.53. The molecule has 2 heteroatoms. The molecule has 0 amide bonds. The van der Waals surface area contributed by atoms with Crippen LogP contribution in [0.15, 0.2) is 42.5 Å². The Morgan fingerprint density at radius 3 is 2.39 bits per heavy atom. The molecule has 0 heterocycles. The third kappa shape index (κ3) is 4.72. The van der Waals surface area contributed by atoms with Gasteiger partial charge in [0.2, 0.25) is 0 Å². The lowest BCUT2D eigenvalue weighted by Crippen LogP contribution is -2.00. The van der Waals surface area contributed by atoms with Gasteiger partial charge in [0.25, 0.3) is 0 Å². The van der Waals surface area contributed by atoms with Gasteiger partial charge in [-0.1, -0.05) is 30.9 Å². The van der Waals surface area contributed by atoms with Gasteiger partial charge in [-0.25, -0.2) is 0 Å². The number of ether oxygens (including phenoxy) is 1. The number of hydrogen-bond acceptors (Lipinski definition) is 2. The molecule has 2 aromatic rings. The maximum atomic E-state index is 11.2. The molecule has 0 spiro atoms. The molecule has 0 aliphatic carbocycles. The van der Waals surface area contributed by atoms with Crippen molar-refractivity contribution in [2.24, 2.45) is 0 Å². The van der Waals surface area contributed by atoms with E-state index in [0.717, 1.165) is 22.4 Å². The van der Waals surface area contributed by atoms with Crippen LogP contribution < -0.4 is 4.74 Å². The molecule has 0 fully saturated rings. The summed E-state index contributed by atoms with van der Waals surface area (Å²) in [5, 5.41) is 0. The van der Waals surface area contributed by atoms with Crippen LogP contribution in [-0.2, 0) is 4.79 Å². The maximum absolute atomic E-state index is 11.2. The van der Waals surface area contributed by atoms with E-state index in [9.17, 15) is 4.79 Å². The predicted molar refractivity (Wildman–Crippen MR) is 93.9 cm³/mol. The number of methoxy groups -OCH3 is 1. The normalized spacial score (nSPS) is 11.3. The zero-order valence-electron chi connectivity index (χ0n) is 14.1. The summed E-state index contributed by atoms with van der Waals surface area (Å²) in [6.07, 6.45) is 0.579. The summed E-state index contributed by atoms with van der Waals surface area (Å²) >= 11 is 0. The van der Waals surface area contributed by atoms with Gasteiger partial charge in [0.1, 0.15) is 11.5 Å². The number of benzene rings is 2. The molecule has 0 saturated carbocycles. The van der Waals surface area contributed by atoms with E-state index in [1.54, 1.807) is 14.0 Å². The standard InChI is InChI=1S/C21H22O2/c1-15(13-17(3)22)19-8-5-18(6-9-19)7-10-20-11-12-21(23-4)14-16(20)2/h5-6,8-9,11-12,14-15H,13H2,1-4H3. The second-order valence-electron chi connectivity index (χ2n) is 5.86. The van der Waals surface area contributed by atoms with E-state index in [1.165, 1.54) is 5.56 Å². The Kier molecular flexibility index (Phi) is 5.60. The second-order valence-corrected chi connectivity index (χ2v) is 5.86. The number of ketones is 1. The minimum absolute atomic E-state index is 0.219. The van der Waals surface area contributed by atoms with Crippen molar-refractivity contribution in [3.05, 3.63) is 64.7 Å². The first kappa shape index (κ1) is 16.8. The van der Waals surface area contributed by atoms with Gasteiger partial charge in [-0.2, -0.15) is 0 Å². The topological polar surface area (TPSA) is 26.3 Å². The van der Waals surface area contributed by atoms with E-state index < -0.39 is 0 Å². The molecule has 2 nitrogen and oxygen atoms in total. The molecule has 0 aliphatic rings. The monoisotopic (exact) mass is 306 g/mol. The summed E-state index contributed by atoms with van der Waals surface area (Å²) in [6.45, 7) is 5.73. The minimum Gasteiger partial charge on any atom is -0.497 e. The number of carbonyl (C=O) groups excluding carboxylic acids is 1. The van der Waals surface area contributed by atoms with E-state index in [4.69, 9.17) is 4.74 Å². The van der Waals surface area contributed by atoms with Gasteiger partial charge >= 0.3 is 0 Å². The quantitative estimate of drug-likeness (QED) is 0.778. The van der Waals surface area contributed by atoms with Crippen molar-refractivity contribution in [3.63, 3.8) is 0 Å². The highest BCUT2D eigenvalue weighted by atomic mass is 16.5. The first-order valence-electron chi connectivity index (χ1n) is 7.75. The van der Waals surface area contributed by atoms with Crippen LogP contribution >= 0.6 is 0 Å². The molecule has 0 saturated heterocycles. The van der Waals surface area contributed by atoms with Crippen LogP contribution in [0.1, 0.15) is 48.4 Å². The maximum Gasteiger partial charge on any atom is 0.130 e. The Morgan fingerprint density at radius 2 is 1.83 bits per heavy atom. The molecule has 0 aromatic heterocycles. The number of Topliss-reactive ketones (excluding diaryl/α,β-unsaturated/α-hetero) is 1. The Morgan fingerprint density at radius 1 is 1.13 bits per heavy atom. The lowest BCUT2D eigenvalue weighted by Gasteiger charge is -2.09. The SMILES string of the molecule is COc1ccc(C#Cc2ccc(C(C)CC(C)=O)cc2)c(C)c1. The van der Waals surface area contributed by atoms with Gasteiger partial charge in [-0.15, -0.1) is 0 Å². The van der Waals surface area contributed by atoms with Crippen molar-refractivity contribution < 1.29 is 9.53 Å². The van der Waals surface area contributed by atoms with Gasteiger partial charge in [0.15, 0.2) is 0 Å². The zero-order valence-corrected chi connectivity index (χ0v) is 14.1. The predicted octanol–water partition coefficient (Wildman–Crippen LogP) is 4.49. The Labute approximate surface area is 138 Å². The molecule has 0 aliphatic heterocycles. The van der Waals surface area contributed by atoms with Crippen LogP contribution in [-0.4, -0.2) is 12.9 Å². The van der Waals surface area contributed by atoms with Crippen LogP contribution in [0.25, 0.3) is 0 Å². The van der Waals surface area contributed by atoms with Crippen LogP contribution in [0.2, 0.25) is 0 Å². The van der Waals surface area contributed by atoms with E-state index >= 15 is 0 Å². The molecule has 118 valence electrons. The Bertz CT molecular complexity index is 746. The van der Waals surface area contributed by atoms with E-state index in [0.29, 0.717) is 6.42 Å². The van der Waals surface area contributed by atoms with Crippen molar-refractivity contribution in [2.75, 3.05) is 7.11 Å². The molecule has 1 atom stereocenters. The summed E-state index contributed by atoms with van der Waals surface area (Å²) in [5.41, 5.74) is 4.24. The van der Waals surface area contributed by atoms with Crippen molar-refractivity contribution in [3.8, 4) is 17.6 Å². The number of hydrogen-bond donors (Lipinski definition) is 0. The molecule has 2 aromatic carbocycles. The van der Waals surface area contributed by atoms with E-state index in [1.807, 2.05) is 37.3 Å². The van der Waals surface area contributed by atoms with Gasteiger partial charge in [0.05, 0.1) is 7.11 Å². The van der Waals surface area contributed by atoms with E-state index in [2.05, 4.69) is 30.9 Å². The third-order valence-electron chi connectivity index (χ3n) is 3.85. The van der Waals surface area contributed by atoms with Gasteiger partial charge in [-0.05, 0) is 61.2 Å². The molecule has 2 rings (SSSR count). The first-order valence-corrected chi connectivity index (χ1v) is 7.75. The fourth-order valence-electron chi connectivity index (χ4n) is 2.49. The number of carbonyl (C=O) groups is 1. The second kappa shape index (κ2) is 7.65. The van der Waals surface area contributed by atoms with Gasteiger partial charge in [0, 0.05) is 17.5 Å². The summed E-state index contributed by atoms with van der Waals surface area (Å²) in [7, 11) is 1.66. The molecule has 0 N–H and O–H groups in total. The molecular weight excluding hydrogens is 284 g/mol. The molecule has 23 heavy (non-hydrogen) atoms. The van der Waals surface area contributed by atoms with E-state index in [-0.39, 0.29) is 11.7 Å². The summed E-state index contributed by atoms with van der Waals surface area (Å²) in [5.74, 6) is 7.70. The minimum atomic E-state index is 0.219. The number of rotatable bonds is 4. The smallest absolute Gasteiger partial charge is 0.130 e. The van der Waals surface area contributed by atoms with Crippen molar-refractivity contribution in [2.45, 2.75) is 33.1 Å². The fraction of sp³-hybridized carbons (Fsp3) is 0.286. The third-order valence-corrected chi connectivity index (χ3v) is 3.85. The molecule has 0 bridgehead atoms. The summed E-state index contributed by atoms with van der Waals surface area (Å²) in [6, 6.07) is 14.0. The van der Waals surface area contributed by atoms with Crippen LogP contribution in [0.5, 0.6) is 5.75 Å². The highest BCUT2D eigenvalue weighted by molar-refractivity contribution is 5.76. The molecular formula is C21H22O2. The lowest BCUT2D eigenvalue weighted by molar-refractivity contribution is -0.117. The average molecular weight is 306 g/mol. The molecule has 1 unspecified atom stereocenters. The number of aryl methyl sites for hydroxylation is 1. The fourth-order valence-corrected chi connectivity index (χ4v) is 2.49. The highest BCUT2D eigenvalue weighted by Crippen LogP contribution is 2.20. The first-order chi connectivity index (χ1) is 11.0. The van der Waals surface area contributed by atoms with Crippen molar-refractivity contribution in [1.82, 2.24) is 0 Å². The summed E-state index contributed by atoms with van der Waals surface area (Å²) < 4.78 is 5.20. The lowest BCUT2D eigenvalue weighted by atomic mass is 9.95. The largest absolute Gasteiger partial charge is 0.497 e. The van der Waals surface area contributed by atoms with Crippen LogP contribution in [0, 0.1) is 18.8 Å². The van der Waals surface area contributed by atoms with Gasteiger partial charge in [-0.3, -0.25) is 0 Å². The van der Waals surface area contributed by atoms with Crippen LogP contribution in [0.4, 0.5) is 0 Å². The Balaban J connectivity index is 2.14. The van der Waals surface area contributed by atoms with Crippen LogP contribution in [0.3, 0.4) is 0 Å². The molecule has 0 radical (unpaired) electrons. The van der Waals surface area contributed by atoms with Crippen molar-refractivity contribution >= 4 is 5.78 Å².